The molecule has 2 aromatic rings. The van der Waals surface area contributed by atoms with Crippen LogP contribution in [0.4, 0.5) is 5.69 Å². The van der Waals surface area contributed by atoms with Gasteiger partial charge >= 0.3 is 0 Å². The van der Waals surface area contributed by atoms with Gasteiger partial charge in [-0.25, -0.2) is 0 Å². The molecule has 0 fully saturated rings. The molecule has 0 saturated heterocycles. The van der Waals surface area contributed by atoms with Crippen molar-refractivity contribution in [3.63, 3.8) is 0 Å². The van der Waals surface area contributed by atoms with Crippen LogP contribution in [-0.4, -0.2) is 7.11 Å². The van der Waals surface area contributed by atoms with Gasteiger partial charge in [0.1, 0.15) is 5.75 Å². The molecular formula is C12H12BrNOS. The van der Waals surface area contributed by atoms with Crippen LogP contribution in [0.1, 0.15) is 5.56 Å². The summed E-state index contributed by atoms with van der Waals surface area (Å²) in [6.45, 7) is 0.842. The summed E-state index contributed by atoms with van der Waals surface area (Å²) in [7, 11) is 1.67. The van der Waals surface area contributed by atoms with Crippen molar-refractivity contribution >= 4 is 33.0 Å². The van der Waals surface area contributed by atoms with Crippen LogP contribution >= 0.6 is 27.3 Å². The summed E-state index contributed by atoms with van der Waals surface area (Å²) in [6, 6.07) is 8.11. The summed E-state index contributed by atoms with van der Waals surface area (Å²) in [6.07, 6.45) is 0. The first-order chi connectivity index (χ1) is 7.79. The average molecular weight is 298 g/mol. The van der Waals surface area contributed by atoms with Gasteiger partial charge in [0.05, 0.1) is 11.6 Å². The molecule has 0 spiro atoms. The third-order valence-corrected chi connectivity index (χ3v) is 3.62. The highest BCUT2D eigenvalue weighted by molar-refractivity contribution is 9.10. The van der Waals surface area contributed by atoms with Gasteiger partial charge in [-0.05, 0) is 50.5 Å². The van der Waals surface area contributed by atoms with E-state index in [1.54, 1.807) is 18.4 Å². The molecule has 0 aliphatic carbocycles. The van der Waals surface area contributed by atoms with Crippen molar-refractivity contribution in [2.75, 3.05) is 12.4 Å². The number of methoxy groups -OCH3 is 1. The predicted octanol–water partition coefficient (Wildman–Crippen LogP) is 4.13. The quantitative estimate of drug-likeness (QED) is 0.916. The summed E-state index contributed by atoms with van der Waals surface area (Å²) < 4.78 is 6.21. The highest BCUT2D eigenvalue weighted by atomic mass is 79.9. The number of anilines is 1. The first kappa shape index (κ1) is 11.5. The zero-order valence-corrected chi connectivity index (χ0v) is 11.3. The minimum atomic E-state index is 0.842. The van der Waals surface area contributed by atoms with Gasteiger partial charge in [-0.15, -0.1) is 0 Å². The van der Waals surface area contributed by atoms with Crippen molar-refractivity contribution in [3.8, 4) is 5.75 Å². The van der Waals surface area contributed by atoms with E-state index in [0.717, 1.165) is 22.5 Å². The van der Waals surface area contributed by atoms with E-state index in [4.69, 9.17) is 4.74 Å². The van der Waals surface area contributed by atoms with Crippen LogP contribution in [0.2, 0.25) is 0 Å². The average Bonchev–Trinajstić information content (AvgIpc) is 2.81. The number of thiophene rings is 1. The van der Waals surface area contributed by atoms with Crippen LogP contribution < -0.4 is 10.1 Å². The molecular weight excluding hydrogens is 286 g/mol. The maximum Gasteiger partial charge on any atom is 0.135 e. The number of ether oxygens (including phenoxy) is 1. The second-order valence-corrected chi connectivity index (χ2v) is 4.97. The third-order valence-electron chi connectivity index (χ3n) is 2.23. The Morgan fingerprint density at radius 1 is 1.38 bits per heavy atom. The van der Waals surface area contributed by atoms with Gasteiger partial charge in [-0.2, -0.15) is 11.3 Å². The smallest absolute Gasteiger partial charge is 0.135 e. The molecule has 0 aliphatic rings. The van der Waals surface area contributed by atoms with Crippen LogP contribution in [0, 0.1) is 0 Å². The van der Waals surface area contributed by atoms with Gasteiger partial charge in [0, 0.05) is 18.3 Å². The Hall–Kier alpha value is -1.00. The standard InChI is InChI=1S/C12H12BrNOS/c1-15-12-6-10(2-3-11(12)13)14-7-9-4-5-16-8-9/h2-6,8,14H,7H2,1H3. The second-order valence-electron chi connectivity index (χ2n) is 3.33. The lowest BCUT2D eigenvalue weighted by molar-refractivity contribution is 0.412. The van der Waals surface area contributed by atoms with Gasteiger partial charge in [-0.3, -0.25) is 0 Å². The molecule has 1 heterocycles. The van der Waals surface area contributed by atoms with Crippen molar-refractivity contribution in [1.82, 2.24) is 0 Å². The molecule has 0 bridgehead atoms. The van der Waals surface area contributed by atoms with E-state index < -0.39 is 0 Å². The first-order valence-electron chi connectivity index (χ1n) is 4.88. The lowest BCUT2D eigenvalue weighted by Crippen LogP contribution is -1.98. The van der Waals surface area contributed by atoms with E-state index in [9.17, 15) is 0 Å². The van der Waals surface area contributed by atoms with Crippen molar-refractivity contribution in [3.05, 3.63) is 45.1 Å². The molecule has 0 saturated carbocycles. The molecule has 1 N–H and O–H groups in total. The van der Waals surface area contributed by atoms with Crippen molar-refractivity contribution in [2.24, 2.45) is 0 Å². The SMILES string of the molecule is COc1cc(NCc2ccsc2)ccc1Br. The molecule has 2 rings (SSSR count). The molecule has 16 heavy (non-hydrogen) atoms. The molecule has 0 radical (unpaired) electrons. The fourth-order valence-corrected chi connectivity index (χ4v) is 2.44. The number of hydrogen-bond acceptors (Lipinski definition) is 3. The Morgan fingerprint density at radius 3 is 2.94 bits per heavy atom. The first-order valence-corrected chi connectivity index (χ1v) is 6.61. The third kappa shape index (κ3) is 2.77. The molecule has 2 nitrogen and oxygen atoms in total. The lowest BCUT2D eigenvalue weighted by Gasteiger charge is -2.08. The number of rotatable bonds is 4. The van der Waals surface area contributed by atoms with Gasteiger partial charge in [-0.1, -0.05) is 0 Å². The van der Waals surface area contributed by atoms with Crippen molar-refractivity contribution in [2.45, 2.75) is 6.54 Å². The topological polar surface area (TPSA) is 21.3 Å². The van der Waals surface area contributed by atoms with E-state index in [0.29, 0.717) is 0 Å². The lowest BCUT2D eigenvalue weighted by atomic mass is 10.3. The minimum absolute atomic E-state index is 0.842. The molecule has 0 amide bonds. The minimum Gasteiger partial charge on any atom is -0.495 e. The molecule has 4 heteroatoms. The van der Waals surface area contributed by atoms with Gasteiger partial charge in [0.15, 0.2) is 0 Å². The second kappa shape index (κ2) is 5.37. The van der Waals surface area contributed by atoms with Gasteiger partial charge in [0.2, 0.25) is 0 Å². The maximum absolute atomic E-state index is 5.24. The van der Waals surface area contributed by atoms with E-state index in [1.807, 2.05) is 18.2 Å². The summed E-state index contributed by atoms with van der Waals surface area (Å²) in [5.41, 5.74) is 2.36. The van der Waals surface area contributed by atoms with E-state index in [2.05, 4.69) is 38.1 Å². The van der Waals surface area contributed by atoms with E-state index >= 15 is 0 Å². The zero-order chi connectivity index (χ0) is 11.4. The molecule has 1 aromatic carbocycles. The number of halogens is 1. The van der Waals surface area contributed by atoms with Gasteiger partial charge in [0.25, 0.3) is 0 Å². The van der Waals surface area contributed by atoms with Crippen LogP contribution in [0.25, 0.3) is 0 Å². The summed E-state index contributed by atoms with van der Waals surface area (Å²) in [4.78, 5) is 0. The number of nitrogens with one attached hydrogen (secondary N) is 1. The van der Waals surface area contributed by atoms with E-state index in [-0.39, 0.29) is 0 Å². The number of hydrogen-bond donors (Lipinski definition) is 1. The summed E-state index contributed by atoms with van der Waals surface area (Å²) in [5.74, 6) is 0.843. The van der Waals surface area contributed by atoms with Crippen molar-refractivity contribution in [1.29, 1.82) is 0 Å². The number of benzene rings is 1. The fourth-order valence-electron chi connectivity index (χ4n) is 1.37. The zero-order valence-electron chi connectivity index (χ0n) is 8.87. The Morgan fingerprint density at radius 2 is 2.25 bits per heavy atom. The van der Waals surface area contributed by atoms with Crippen LogP contribution in [0.5, 0.6) is 5.75 Å². The monoisotopic (exact) mass is 297 g/mol. The van der Waals surface area contributed by atoms with Crippen LogP contribution in [0.15, 0.2) is 39.5 Å². The Labute approximate surface area is 107 Å². The molecule has 1 aromatic heterocycles. The Bertz CT molecular complexity index is 456. The normalized spacial score (nSPS) is 10.1. The Kier molecular flexibility index (Phi) is 3.85. The largest absolute Gasteiger partial charge is 0.495 e. The summed E-state index contributed by atoms with van der Waals surface area (Å²) in [5, 5.41) is 7.58. The summed E-state index contributed by atoms with van der Waals surface area (Å²) >= 11 is 5.14. The molecule has 84 valence electrons. The van der Waals surface area contributed by atoms with Crippen molar-refractivity contribution < 1.29 is 4.74 Å². The predicted molar refractivity (Wildman–Crippen MR) is 72.3 cm³/mol. The molecule has 0 unspecified atom stereocenters. The Balaban J connectivity index is 2.04. The highest BCUT2D eigenvalue weighted by Crippen LogP contribution is 2.28. The maximum atomic E-state index is 5.24. The highest BCUT2D eigenvalue weighted by Gasteiger charge is 2.01. The van der Waals surface area contributed by atoms with Gasteiger partial charge < -0.3 is 10.1 Å². The van der Waals surface area contributed by atoms with E-state index in [1.165, 1.54) is 5.56 Å². The molecule has 0 aliphatic heterocycles. The van der Waals surface area contributed by atoms with Crippen LogP contribution in [0.3, 0.4) is 0 Å². The molecule has 0 atom stereocenters. The van der Waals surface area contributed by atoms with Crippen LogP contribution in [-0.2, 0) is 6.54 Å². The fraction of sp³-hybridized carbons (Fsp3) is 0.167.